The van der Waals surface area contributed by atoms with E-state index in [1.807, 2.05) is 30.3 Å². The first-order chi connectivity index (χ1) is 15.7. The molecule has 3 aromatic heterocycles. The van der Waals surface area contributed by atoms with E-state index in [9.17, 15) is 18.6 Å². The molecule has 0 amide bonds. The molecule has 1 aliphatic carbocycles. The predicted octanol–water partition coefficient (Wildman–Crippen LogP) is 2.01. The van der Waals surface area contributed by atoms with Crippen molar-refractivity contribution >= 4 is 54.8 Å². The van der Waals surface area contributed by atoms with E-state index in [1.165, 1.54) is 0 Å². The van der Waals surface area contributed by atoms with Gasteiger partial charge in [-0.2, -0.15) is 18.0 Å². The molecule has 1 saturated carbocycles. The van der Waals surface area contributed by atoms with Crippen LogP contribution in [0, 0.1) is 5.92 Å². The quantitative estimate of drug-likeness (QED) is 0.308. The number of hydrogen-bond donors (Lipinski definition) is 4. The number of rotatable bonds is 6. The Bertz CT molecular complexity index is 1440. The first kappa shape index (κ1) is 22.5. The van der Waals surface area contributed by atoms with Crippen LogP contribution in [0.3, 0.4) is 0 Å². The lowest BCUT2D eigenvalue weighted by molar-refractivity contribution is 0.00777. The molecule has 0 saturated heterocycles. The minimum atomic E-state index is -4.14. The van der Waals surface area contributed by atoms with Gasteiger partial charge in [-0.1, -0.05) is 17.7 Å². The van der Waals surface area contributed by atoms with Crippen molar-refractivity contribution in [2.24, 2.45) is 11.1 Å². The third-order valence-electron chi connectivity index (χ3n) is 5.67. The molecule has 1 unspecified atom stereocenters. The van der Waals surface area contributed by atoms with Crippen LogP contribution in [0.5, 0.6) is 0 Å². The predicted molar refractivity (Wildman–Crippen MR) is 125 cm³/mol. The number of fused-ring (bicyclic) bond motifs is 2. The average Bonchev–Trinajstić information content (AvgIpc) is 3.44. The molecule has 33 heavy (non-hydrogen) atoms. The summed E-state index contributed by atoms with van der Waals surface area (Å²) in [6.07, 6.45) is -0.412. The summed E-state index contributed by atoms with van der Waals surface area (Å²) >= 11 is 7.67. The van der Waals surface area contributed by atoms with Gasteiger partial charge in [0.2, 0.25) is 0 Å². The third-order valence-corrected chi connectivity index (χ3v) is 7.49. The standard InChI is InChI=1S/C20H20ClN5O5S2/c21-12-2-1-10-6-16(32-15(10)7-12)13-8-18-23-4-3-17(26(18)25-13)24-14-5-11(19(27)20(14)28)9-31-33(22,29)30/h1-4,6-8,11,14,19-20,24,27-28H,5,9H2,(H2,22,29,30)/t11?,14-,19-,20+/m1/s1. The van der Waals surface area contributed by atoms with Crippen LogP contribution in [0.25, 0.3) is 26.3 Å². The minimum absolute atomic E-state index is 0.271. The fourth-order valence-corrected chi connectivity index (χ4v) is 5.72. The fourth-order valence-electron chi connectivity index (χ4n) is 4.06. The average molecular weight is 510 g/mol. The SMILES string of the molecule is NS(=O)(=O)OCC1C[C@@H](Nc2ccnc3cc(-c4cc5ccc(Cl)cc5s4)nn23)[C@H](O)[C@@H]1O. The van der Waals surface area contributed by atoms with E-state index < -0.39 is 34.5 Å². The summed E-state index contributed by atoms with van der Waals surface area (Å²) in [4.78, 5) is 5.33. The Hall–Kier alpha value is -2.32. The van der Waals surface area contributed by atoms with E-state index in [2.05, 4.69) is 19.6 Å². The van der Waals surface area contributed by atoms with Crippen LogP contribution in [0.2, 0.25) is 5.02 Å². The van der Waals surface area contributed by atoms with E-state index in [0.29, 0.717) is 16.5 Å². The number of nitrogens with zero attached hydrogens (tertiary/aromatic N) is 3. The normalized spacial score (nSPS) is 23.5. The van der Waals surface area contributed by atoms with Gasteiger partial charge in [0, 0.05) is 27.9 Å². The van der Waals surface area contributed by atoms with Crippen molar-refractivity contribution in [3.8, 4) is 10.6 Å². The third kappa shape index (κ3) is 4.55. The number of anilines is 1. The Labute approximate surface area is 197 Å². The Morgan fingerprint density at radius 2 is 2.06 bits per heavy atom. The van der Waals surface area contributed by atoms with Gasteiger partial charge < -0.3 is 15.5 Å². The van der Waals surface area contributed by atoms with Crippen molar-refractivity contribution in [2.45, 2.75) is 24.7 Å². The van der Waals surface area contributed by atoms with Crippen molar-refractivity contribution in [1.82, 2.24) is 14.6 Å². The Morgan fingerprint density at radius 1 is 1.24 bits per heavy atom. The zero-order chi connectivity index (χ0) is 23.3. The minimum Gasteiger partial charge on any atom is -0.390 e. The zero-order valence-corrected chi connectivity index (χ0v) is 19.4. The lowest BCUT2D eigenvalue weighted by Gasteiger charge is -2.19. The Morgan fingerprint density at radius 3 is 2.85 bits per heavy atom. The monoisotopic (exact) mass is 509 g/mol. The van der Waals surface area contributed by atoms with Crippen LogP contribution < -0.4 is 10.5 Å². The molecule has 0 radical (unpaired) electrons. The van der Waals surface area contributed by atoms with Crippen LogP contribution >= 0.6 is 22.9 Å². The van der Waals surface area contributed by atoms with Crippen LogP contribution in [0.15, 0.2) is 42.6 Å². The highest BCUT2D eigenvalue weighted by atomic mass is 35.5. The molecular formula is C20H20ClN5O5S2. The fraction of sp³-hybridized carbons (Fsp3) is 0.300. The van der Waals surface area contributed by atoms with Crippen molar-refractivity contribution in [3.63, 3.8) is 0 Å². The van der Waals surface area contributed by atoms with Gasteiger partial charge in [-0.3, -0.25) is 4.18 Å². The summed E-state index contributed by atoms with van der Waals surface area (Å²) in [5, 5.41) is 35.3. The second-order valence-corrected chi connectivity index (χ2v) is 10.7. The maximum absolute atomic E-state index is 11.1. The highest BCUT2D eigenvalue weighted by molar-refractivity contribution is 7.84. The molecular weight excluding hydrogens is 490 g/mol. The summed E-state index contributed by atoms with van der Waals surface area (Å²) in [6.45, 7) is -0.317. The number of benzene rings is 1. The number of hydrogen-bond acceptors (Lipinski definition) is 9. The first-order valence-corrected chi connectivity index (χ1v) is 12.7. The summed E-state index contributed by atoms with van der Waals surface area (Å²) in [6, 6.07) is 10.8. The van der Waals surface area contributed by atoms with E-state index in [1.54, 1.807) is 28.1 Å². The zero-order valence-electron chi connectivity index (χ0n) is 17.0. The van der Waals surface area contributed by atoms with Crippen molar-refractivity contribution in [3.05, 3.63) is 47.6 Å². The number of aliphatic hydroxyl groups excluding tert-OH is 2. The molecule has 13 heteroatoms. The molecule has 3 heterocycles. The molecule has 1 aromatic carbocycles. The largest absolute Gasteiger partial charge is 0.390 e. The number of halogens is 1. The van der Waals surface area contributed by atoms with Gasteiger partial charge in [0.05, 0.1) is 23.6 Å². The van der Waals surface area contributed by atoms with E-state index in [4.69, 9.17) is 16.7 Å². The topological polar surface area (TPSA) is 152 Å². The molecule has 5 rings (SSSR count). The molecule has 0 aliphatic heterocycles. The van der Waals surface area contributed by atoms with E-state index in [0.717, 1.165) is 20.7 Å². The highest BCUT2D eigenvalue weighted by Crippen LogP contribution is 2.35. The molecule has 4 atom stereocenters. The van der Waals surface area contributed by atoms with Crippen LogP contribution in [0.4, 0.5) is 5.82 Å². The van der Waals surface area contributed by atoms with Gasteiger partial charge in [0.15, 0.2) is 5.65 Å². The number of aromatic nitrogens is 3. The number of nitrogens with two attached hydrogens (primary N) is 1. The molecule has 5 N–H and O–H groups in total. The number of aliphatic hydroxyl groups is 2. The molecule has 0 spiro atoms. The van der Waals surface area contributed by atoms with Crippen molar-refractivity contribution in [1.29, 1.82) is 0 Å². The maximum atomic E-state index is 11.1. The summed E-state index contributed by atoms with van der Waals surface area (Å²) in [5.41, 5.74) is 1.34. The molecule has 10 nitrogen and oxygen atoms in total. The van der Waals surface area contributed by atoms with E-state index >= 15 is 0 Å². The molecule has 174 valence electrons. The van der Waals surface area contributed by atoms with Gasteiger partial charge in [-0.25, -0.2) is 10.1 Å². The Balaban J connectivity index is 1.40. The van der Waals surface area contributed by atoms with Gasteiger partial charge in [0.1, 0.15) is 17.6 Å². The van der Waals surface area contributed by atoms with Gasteiger partial charge >= 0.3 is 10.3 Å². The number of thiophene rings is 1. The van der Waals surface area contributed by atoms with Crippen LogP contribution in [-0.4, -0.2) is 58.1 Å². The maximum Gasteiger partial charge on any atom is 0.333 e. The molecule has 0 bridgehead atoms. The smallest absolute Gasteiger partial charge is 0.333 e. The number of nitrogens with one attached hydrogen (secondary N) is 1. The van der Waals surface area contributed by atoms with Gasteiger partial charge in [-0.05, 0) is 36.1 Å². The molecule has 4 aromatic rings. The van der Waals surface area contributed by atoms with Gasteiger partial charge in [0.25, 0.3) is 0 Å². The molecule has 1 fully saturated rings. The van der Waals surface area contributed by atoms with Crippen LogP contribution in [0.1, 0.15) is 6.42 Å². The summed E-state index contributed by atoms with van der Waals surface area (Å²) < 4.78 is 29.4. The second kappa shape index (κ2) is 8.47. The first-order valence-electron chi connectivity index (χ1n) is 10.0. The lowest BCUT2D eigenvalue weighted by Crippen LogP contribution is -2.36. The van der Waals surface area contributed by atoms with Crippen molar-refractivity contribution in [2.75, 3.05) is 11.9 Å². The second-order valence-electron chi connectivity index (χ2n) is 7.93. The lowest BCUT2D eigenvalue weighted by atomic mass is 10.1. The van der Waals surface area contributed by atoms with Crippen molar-refractivity contribution < 1.29 is 22.8 Å². The van der Waals surface area contributed by atoms with E-state index in [-0.39, 0.29) is 13.0 Å². The summed E-state index contributed by atoms with van der Waals surface area (Å²) in [7, 11) is -4.14. The van der Waals surface area contributed by atoms with Crippen LogP contribution in [-0.2, 0) is 14.5 Å². The van der Waals surface area contributed by atoms with Gasteiger partial charge in [-0.15, -0.1) is 11.3 Å². The molecule has 1 aliphatic rings. The Kier molecular flexibility index (Phi) is 5.77. The summed E-state index contributed by atoms with van der Waals surface area (Å²) in [5.74, 6) is -0.0358. The highest BCUT2D eigenvalue weighted by Gasteiger charge is 2.42.